The van der Waals surface area contributed by atoms with E-state index < -0.39 is 18.5 Å². The van der Waals surface area contributed by atoms with Crippen LogP contribution in [0.25, 0.3) is 0 Å². The third-order valence-corrected chi connectivity index (χ3v) is 3.37. The van der Waals surface area contributed by atoms with Crippen LogP contribution < -0.4 is 0 Å². The Morgan fingerprint density at radius 1 is 1.16 bits per heavy atom. The maximum atomic E-state index is 13.2. The summed E-state index contributed by atoms with van der Waals surface area (Å²) in [5, 5.41) is 9.33. The van der Waals surface area contributed by atoms with Gasteiger partial charge in [0.2, 0.25) is 0 Å². The molecule has 1 saturated heterocycles. The van der Waals surface area contributed by atoms with Crippen LogP contribution in [0, 0.1) is 5.82 Å². The molecule has 0 spiro atoms. The van der Waals surface area contributed by atoms with E-state index in [1.54, 1.807) is 0 Å². The number of hydrogen-bond acceptors (Lipinski definition) is 2. The van der Waals surface area contributed by atoms with E-state index in [2.05, 4.69) is 0 Å². The third kappa shape index (κ3) is 4.09. The van der Waals surface area contributed by atoms with E-state index in [1.807, 2.05) is 0 Å². The molecule has 1 heterocycles. The Hall–Kier alpha value is -1.30. The average molecular weight is 277 g/mol. The van der Waals surface area contributed by atoms with Crippen molar-refractivity contribution in [2.75, 3.05) is 19.6 Å². The second kappa shape index (κ2) is 5.36. The first-order chi connectivity index (χ1) is 8.83. The topological polar surface area (TPSA) is 23.5 Å². The molecular weight excluding hydrogens is 262 g/mol. The first-order valence-corrected chi connectivity index (χ1v) is 6.12. The van der Waals surface area contributed by atoms with Gasteiger partial charge in [0.05, 0.1) is 6.54 Å². The van der Waals surface area contributed by atoms with Crippen molar-refractivity contribution in [3.8, 4) is 5.75 Å². The molecule has 2 rings (SSSR count). The molecule has 0 atom stereocenters. The Morgan fingerprint density at radius 3 is 2.32 bits per heavy atom. The summed E-state index contributed by atoms with van der Waals surface area (Å²) in [6.07, 6.45) is -3.10. The largest absolute Gasteiger partial charge is 0.508 e. The fraction of sp³-hybridized carbons (Fsp3) is 0.538. The summed E-state index contributed by atoms with van der Waals surface area (Å²) in [5.74, 6) is -0.661. The molecule has 2 nitrogen and oxygen atoms in total. The molecule has 1 aromatic rings. The number of alkyl halides is 3. The summed E-state index contributed by atoms with van der Waals surface area (Å²) in [7, 11) is 0. The molecule has 1 aliphatic rings. The van der Waals surface area contributed by atoms with Gasteiger partial charge in [0.25, 0.3) is 0 Å². The molecule has 0 aromatic heterocycles. The van der Waals surface area contributed by atoms with E-state index in [0.29, 0.717) is 31.5 Å². The number of rotatable bonds is 2. The zero-order valence-corrected chi connectivity index (χ0v) is 10.3. The Bertz CT molecular complexity index is 419. The Morgan fingerprint density at radius 2 is 1.79 bits per heavy atom. The molecule has 0 saturated carbocycles. The number of likely N-dealkylation sites (tertiary alicyclic amines) is 1. The molecule has 1 fully saturated rings. The highest BCUT2D eigenvalue weighted by Gasteiger charge is 2.32. The van der Waals surface area contributed by atoms with Crippen molar-refractivity contribution in [1.29, 1.82) is 0 Å². The number of nitrogens with zero attached hydrogens (tertiary/aromatic N) is 1. The lowest BCUT2D eigenvalue weighted by molar-refractivity contribution is -0.147. The molecule has 1 aliphatic heterocycles. The minimum Gasteiger partial charge on any atom is -0.508 e. The maximum Gasteiger partial charge on any atom is 0.401 e. The SMILES string of the molecule is Oc1cc(F)cc(C2CCN(CC(F)(F)F)CC2)c1. The maximum absolute atomic E-state index is 13.2. The second-order valence-electron chi connectivity index (χ2n) is 4.91. The van der Waals surface area contributed by atoms with E-state index >= 15 is 0 Å². The van der Waals surface area contributed by atoms with Crippen LogP contribution in [0.1, 0.15) is 24.3 Å². The van der Waals surface area contributed by atoms with Crippen LogP contribution in [0.4, 0.5) is 17.6 Å². The number of phenolic OH excluding ortho intramolecular Hbond substituents is 1. The van der Waals surface area contributed by atoms with Crippen LogP contribution in [-0.2, 0) is 0 Å². The Labute approximate surface area is 108 Å². The van der Waals surface area contributed by atoms with Gasteiger partial charge in [-0.2, -0.15) is 13.2 Å². The summed E-state index contributed by atoms with van der Waals surface area (Å²) in [5.41, 5.74) is 0.657. The Kier molecular flexibility index (Phi) is 3.99. The molecule has 0 bridgehead atoms. The van der Waals surface area contributed by atoms with Crippen molar-refractivity contribution in [2.45, 2.75) is 24.9 Å². The molecule has 0 aliphatic carbocycles. The number of hydrogen-bond donors (Lipinski definition) is 1. The van der Waals surface area contributed by atoms with Gasteiger partial charge in [-0.1, -0.05) is 0 Å². The number of aromatic hydroxyl groups is 1. The van der Waals surface area contributed by atoms with E-state index in [4.69, 9.17) is 0 Å². The minimum atomic E-state index is -4.18. The third-order valence-electron chi connectivity index (χ3n) is 3.37. The normalized spacial score (nSPS) is 18.7. The van der Waals surface area contributed by atoms with Crippen LogP contribution >= 0.6 is 0 Å². The van der Waals surface area contributed by atoms with Crippen molar-refractivity contribution in [1.82, 2.24) is 4.90 Å². The van der Waals surface area contributed by atoms with Crippen molar-refractivity contribution in [3.63, 3.8) is 0 Å². The first-order valence-electron chi connectivity index (χ1n) is 6.12. The van der Waals surface area contributed by atoms with Gasteiger partial charge in [-0.3, -0.25) is 4.90 Å². The summed E-state index contributed by atoms with van der Waals surface area (Å²) in [4.78, 5) is 1.36. The lowest BCUT2D eigenvalue weighted by Crippen LogP contribution is -2.39. The fourth-order valence-corrected chi connectivity index (χ4v) is 2.51. The fourth-order valence-electron chi connectivity index (χ4n) is 2.51. The van der Waals surface area contributed by atoms with Gasteiger partial charge in [0, 0.05) is 6.07 Å². The smallest absolute Gasteiger partial charge is 0.401 e. The van der Waals surface area contributed by atoms with E-state index in [9.17, 15) is 22.7 Å². The minimum absolute atomic E-state index is 0.00563. The molecular formula is C13H15F4NO. The average Bonchev–Trinajstić information content (AvgIpc) is 2.26. The molecule has 0 radical (unpaired) electrons. The summed E-state index contributed by atoms with van der Waals surface area (Å²) in [6, 6.07) is 3.83. The standard InChI is InChI=1S/C13H15F4NO/c14-11-5-10(6-12(19)7-11)9-1-3-18(4-2-9)8-13(15,16)17/h5-7,9,19H,1-4,8H2. The monoisotopic (exact) mass is 277 g/mol. The molecule has 1 N–H and O–H groups in total. The van der Waals surface area contributed by atoms with Crippen LogP contribution in [0.15, 0.2) is 18.2 Å². The molecule has 19 heavy (non-hydrogen) atoms. The van der Waals surface area contributed by atoms with E-state index in [0.717, 1.165) is 6.07 Å². The number of piperidine rings is 1. The van der Waals surface area contributed by atoms with Gasteiger partial charge in [-0.25, -0.2) is 4.39 Å². The van der Waals surface area contributed by atoms with Gasteiger partial charge < -0.3 is 5.11 Å². The number of phenols is 1. The van der Waals surface area contributed by atoms with Gasteiger partial charge in [-0.15, -0.1) is 0 Å². The highest BCUT2D eigenvalue weighted by atomic mass is 19.4. The van der Waals surface area contributed by atoms with Gasteiger partial charge in [0.15, 0.2) is 0 Å². The number of halogens is 4. The number of benzene rings is 1. The zero-order valence-electron chi connectivity index (χ0n) is 10.3. The quantitative estimate of drug-likeness (QED) is 0.839. The van der Waals surface area contributed by atoms with Gasteiger partial charge in [-0.05, 0) is 49.5 Å². The van der Waals surface area contributed by atoms with Crippen LogP contribution in [0.2, 0.25) is 0 Å². The van der Waals surface area contributed by atoms with Crippen LogP contribution in [0.5, 0.6) is 5.75 Å². The second-order valence-corrected chi connectivity index (χ2v) is 4.91. The predicted molar refractivity (Wildman–Crippen MR) is 62.5 cm³/mol. The molecule has 0 amide bonds. The van der Waals surface area contributed by atoms with Gasteiger partial charge in [0.1, 0.15) is 11.6 Å². The van der Waals surface area contributed by atoms with Crippen LogP contribution in [0.3, 0.4) is 0 Å². The highest BCUT2D eigenvalue weighted by molar-refractivity contribution is 5.31. The molecule has 106 valence electrons. The summed E-state index contributed by atoms with van der Waals surface area (Å²) >= 11 is 0. The van der Waals surface area contributed by atoms with Crippen molar-refractivity contribution in [2.24, 2.45) is 0 Å². The first kappa shape index (κ1) is 14.1. The van der Waals surface area contributed by atoms with Crippen molar-refractivity contribution < 1.29 is 22.7 Å². The molecule has 6 heteroatoms. The highest BCUT2D eigenvalue weighted by Crippen LogP contribution is 2.31. The van der Waals surface area contributed by atoms with Crippen molar-refractivity contribution in [3.05, 3.63) is 29.6 Å². The van der Waals surface area contributed by atoms with Crippen molar-refractivity contribution >= 4 is 0 Å². The zero-order chi connectivity index (χ0) is 14.0. The lowest BCUT2D eigenvalue weighted by Gasteiger charge is -2.32. The summed E-state index contributed by atoms with van der Waals surface area (Å²) < 4.78 is 49.9. The predicted octanol–water partition coefficient (Wildman–Crippen LogP) is 3.27. The molecule has 0 unspecified atom stereocenters. The van der Waals surface area contributed by atoms with E-state index in [1.165, 1.54) is 17.0 Å². The van der Waals surface area contributed by atoms with Gasteiger partial charge >= 0.3 is 6.18 Å². The lowest BCUT2D eigenvalue weighted by atomic mass is 9.89. The molecule has 1 aromatic carbocycles. The van der Waals surface area contributed by atoms with E-state index in [-0.39, 0.29) is 11.7 Å². The van der Waals surface area contributed by atoms with Crippen LogP contribution in [-0.4, -0.2) is 35.8 Å². The summed E-state index contributed by atoms with van der Waals surface area (Å²) in [6.45, 7) is -0.225. The Balaban J connectivity index is 1.96.